The average Bonchev–Trinajstić information content (AvgIpc) is 3.26. The number of hydrogen-bond donors (Lipinski definition) is 2. The summed E-state index contributed by atoms with van der Waals surface area (Å²) in [6.07, 6.45) is 0.535. The lowest BCUT2D eigenvalue weighted by Crippen LogP contribution is -2.38. The molecular weight excluding hydrogens is 382 g/mol. The van der Waals surface area contributed by atoms with Crippen LogP contribution in [0.15, 0.2) is 40.8 Å². The van der Waals surface area contributed by atoms with Crippen molar-refractivity contribution < 1.29 is 9.21 Å². The fourth-order valence-electron chi connectivity index (χ4n) is 3.69. The number of halogens is 1. The summed E-state index contributed by atoms with van der Waals surface area (Å²) in [6.45, 7) is 1.88. The van der Waals surface area contributed by atoms with Crippen molar-refractivity contribution in [2.45, 2.75) is 19.1 Å². The number of amides is 1. The molecule has 1 amide bonds. The number of carbonyl (C=O) groups excluding carboxylic acids is 1. The monoisotopic (exact) mass is 399 g/mol. The van der Waals surface area contributed by atoms with Gasteiger partial charge >= 0.3 is 0 Å². The number of rotatable bonds is 2. The molecule has 0 aliphatic carbocycles. The summed E-state index contributed by atoms with van der Waals surface area (Å²) in [4.78, 5) is 16.3. The quantitative estimate of drug-likeness (QED) is 0.666. The molecule has 2 aliphatic heterocycles. The second-order valence-electron chi connectivity index (χ2n) is 6.96. The summed E-state index contributed by atoms with van der Waals surface area (Å²) in [7, 11) is 2.11. The molecule has 1 aromatic carbocycles. The lowest BCUT2D eigenvalue weighted by atomic mass is 10.0. The van der Waals surface area contributed by atoms with Gasteiger partial charge in [-0.1, -0.05) is 23.7 Å². The van der Waals surface area contributed by atoms with Crippen LogP contribution in [0.2, 0.25) is 5.02 Å². The minimum atomic E-state index is -0.379. The molecule has 0 unspecified atom stereocenters. The molecule has 2 aromatic heterocycles. The zero-order chi connectivity index (χ0) is 18.5. The molecule has 0 saturated heterocycles. The number of furan rings is 1. The van der Waals surface area contributed by atoms with Gasteiger partial charge in [0.1, 0.15) is 16.5 Å². The number of hydrogen-bond acceptors (Lipinski definition) is 5. The van der Waals surface area contributed by atoms with Crippen LogP contribution in [0, 0.1) is 0 Å². The molecule has 2 aliphatic rings. The predicted octanol–water partition coefficient (Wildman–Crippen LogP) is 4.50. The Balaban J connectivity index is 1.45. The van der Waals surface area contributed by atoms with Gasteiger partial charge < -0.3 is 20.0 Å². The van der Waals surface area contributed by atoms with Crippen molar-refractivity contribution in [2.75, 3.05) is 18.9 Å². The van der Waals surface area contributed by atoms with Crippen LogP contribution in [-0.2, 0) is 13.0 Å². The Bertz CT molecular complexity index is 1040. The Morgan fingerprint density at radius 3 is 3.00 bits per heavy atom. The molecule has 0 radical (unpaired) electrons. The smallest absolute Gasteiger partial charge is 0.256 e. The van der Waals surface area contributed by atoms with Gasteiger partial charge in [-0.25, -0.2) is 0 Å². The second kappa shape index (κ2) is 6.41. The highest BCUT2D eigenvalue weighted by atomic mass is 35.5. The van der Waals surface area contributed by atoms with Gasteiger partial charge in [0.05, 0.1) is 5.56 Å². The first-order chi connectivity index (χ1) is 13.1. The summed E-state index contributed by atoms with van der Waals surface area (Å²) in [5.41, 5.74) is 2.91. The molecule has 0 saturated carbocycles. The standard InChI is InChI=1S/C20H18ClN3O2S/c1-24-8-7-13-16(10-24)27-20-17(13)19(25)22-18(23-20)15-6-5-14(26-15)11-3-2-4-12(21)9-11/h2-6,9,18,23H,7-8,10H2,1H3,(H,22,25)/t18-/m0/s1. The minimum absolute atomic E-state index is 0.0310. The van der Waals surface area contributed by atoms with Crippen molar-refractivity contribution in [2.24, 2.45) is 0 Å². The first kappa shape index (κ1) is 16.9. The summed E-state index contributed by atoms with van der Waals surface area (Å²) < 4.78 is 6.01. The number of nitrogens with zero attached hydrogens (tertiary/aromatic N) is 1. The molecule has 27 heavy (non-hydrogen) atoms. The van der Waals surface area contributed by atoms with E-state index in [0.717, 1.165) is 41.4 Å². The van der Waals surface area contributed by atoms with Gasteiger partial charge in [0.2, 0.25) is 0 Å². The van der Waals surface area contributed by atoms with Gasteiger partial charge in [-0.3, -0.25) is 4.79 Å². The van der Waals surface area contributed by atoms with Crippen LogP contribution in [0.5, 0.6) is 0 Å². The van der Waals surface area contributed by atoms with Crippen molar-refractivity contribution in [1.82, 2.24) is 10.2 Å². The Hall–Kier alpha value is -2.28. The molecule has 4 heterocycles. The highest BCUT2D eigenvalue weighted by Gasteiger charge is 2.33. The summed E-state index contributed by atoms with van der Waals surface area (Å²) in [5.74, 6) is 1.37. The van der Waals surface area contributed by atoms with Gasteiger partial charge in [0.25, 0.3) is 5.91 Å². The summed E-state index contributed by atoms with van der Waals surface area (Å²) in [6, 6.07) is 11.3. The van der Waals surface area contributed by atoms with Crippen molar-refractivity contribution in [3.63, 3.8) is 0 Å². The third kappa shape index (κ3) is 2.94. The zero-order valence-corrected chi connectivity index (χ0v) is 16.3. The zero-order valence-electron chi connectivity index (χ0n) is 14.7. The maximum absolute atomic E-state index is 12.8. The summed E-state index contributed by atoms with van der Waals surface area (Å²) >= 11 is 7.75. The predicted molar refractivity (Wildman–Crippen MR) is 107 cm³/mol. The number of benzene rings is 1. The van der Waals surface area contributed by atoms with Crippen molar-refractivity contribution in [1.29, 1.82) is 0 Å². The molecule has 0 fully saturated rings. The fourth-order valence-corrected chi connectivity index (χ4v) is 5.23. The van der Waals surface area contributed by atoms with Crippen molar-refractivity contribution in [3.05, 3.63) is 63.2 Å². The van der Waals surface area contributed by atoms with E-state index in [1.807, 2.05) is 36.4 Å². The Morgan fingerprint density at radius 2 is 2.15 bits per heavy atom. The molecule has 0 spiro atoms. The van der Waals surface area contributed by atoms with Gasteiger partial charge in [-0.05, 0) is 43.3 Å². The number of anilines is 1. The van der Waals surface area contributed by atoms with Gasteiger partial charge in [0, 0.05) is 28.6 Å². The number of carbonyl (C=O) groups is 1. The van der Waals surface area contributed by atoms with Gasteiger partial charge in [-0.15, -0.1) is 11.3 Å². The third-order valence-electron chi connectivity index (χ3n) is 5.05. The second-order valence-corrected chi connectivity index (χ2v) is 8.50. The largest absolute Gasteiger partial charge is 0.457 e. The molecule has 1 atom stereocenters. The van der Waals surface area contributed by atoms with E-state index in [1.54, 1.807) is 11.3 Å². The van der Waals surface area contributed by atoms with Crippen LogP contribution in [0.25, 0.3) is 11.3 Å². The molecular formula is C20H18ClN3O2S. The number of nitrogens with one attached hydrogen (secondary N) is 2. The third-order valence-corrected chi connectivity index (χ3v) is 6.43. The van der Waals surface area contributed by atoms with Gasteiger partial charge in [-0.2, -0.15) is 0 Å². The van der Waals surface area contributed by atoms with E-state index >= 15 is 0 Å². The maximum atomic E-state index is 12.8. The van der Waals surface area contributed by atoms with E-state index in [-0.39, 0.29) is 12.1 Å². The first-order valence-corrected chi connectivity index (χ1v) is 10.0. The number of fused-ring (bicyclic) bond motifs is 3. The van der Waals surface area contributed by atoms with E-state index in [4.69, 9.17) is 16.0 Å². The fraction of sp³-hybridized carbons (Fsp3) is 0.250. The van der Waals surface area contributed by atoms with E-state index in [2.05, 4.69) is 22.6 Å². The van der Waals surface area contributed by atoms with Crippen molar-refractivity contribution in [3.8, 4) is 11.3 Å². The van der Waals surface area contributed by atoms with Crippen LogP contribution in [0.4, 0.5) is 5.00 Å². The van der Waals surface area contributed by atoms with E-state index in [9.17, 15) is 4.79 Å². The molecule has 3 aromatic rings. The van der Waals surface area contributed by atoms with Crippen LogP contribution >= 0.6 is 22.9 Å². The highest BCUT2D eigenvalue weighted by Crippen LogP contribution is 2.41. The molecule has 138 valence electrons. The van der Waals surface area contributed by atoms with Crippen LogP contribution in [-0.4, -0.2) is 24.4 Å². The Labute approximate surface area is 165 Å². The van der Waals surface area contributed by atoms with E-state index in [1.165, 1.54) is 10.4 Å². The Morgan fingerprint density at radius 1 is 1.26 bits per heavy atom. The SMILES string of the molecule is CN1CCc2c(sc3c2C(=O)N[C@H](c2ccc(-c4cccc(Cl)c4)o2)N3)C1. The first-order valence-electron chi connectivity index (χ1n) is 8.84. The number of likely N-dealkylation sites (N-methyl/N-ethyl adjacent to an activating group) is 1. The molecule has 7 heteroatoms. The topological polar surface area (TPSA) is 57.5 Å². The van der Waals surface area contributed by atoms with Crippen LogP contribution < -0.4 is 10.6 Å². The normalized spacial score (nSPS) is 19.2. The molecule has 2 N–H and O–H groups in total. The number of thiophene rings is 1. The molecule has 0 bridgehead atoms. The molecule has 5 rings (SSSR count). The highest BCUT2D eigenvalue weighted by molar-refractivity contribution is 7.16. The average molecular weight is 400 g/mol. The van der Waals surface area contributed by atoms with Crippen molar-refractivity contribution >= 4 is 33.8 Å². The van der Waals surface area contributed by atoms with E-state index < -0.39 is 0 Å². The van der Waals surface area contributed by atoms with Crippen LogP contribution in [0.1, 0.15) is 32.7 Å². The maximum Gasteiger partial charge on any atom is 0.256 e. The summed E-state index contributed by atoms with van der Waals surface area (Å²) in [5, 5.41) is 8.07. The van der Waals surface area contributed by atoms with Gasteiger partial charge in [0.15, 0.2) is 6.17 Å². The molecule has 5 nitrogen and oxygen atoms in total. The van der Waals surface area contributed by atoms with Crippen LogP contribution in [0.3, 0.4) is 0 Å². The Kier molecular flexibility index (Phi) is 4.00. The van der Waals surface area contributed by atoms with E-state index in [0.29, 0.717) is 10.8 Å². The minimum Gasteiger partial charge on any atom is -0.457 e. The lowest BCUT2D eigenvalue weighted by molar-refractivity contribution is 0.0930. The lowest BCUT2D eigenvalue weighted by Gasteiger charge is -2.26.